The summed E-state index contributed by atoms with van der Waals surface area (Å²) < 4.78 is 0. The first kappa shape index (κ1) is 15.4. The van der Waals surface area contributed by atoms with Gasteiger partial charge >= 0.3 is 0 Å². The van der Waals surface area contributed by atoms with Crippen molar-refractivity contribution < 1.29 is 4.79 Å². The van der Waals surface area contributed by atoms with E-state index in [1.807, 2.05) is 14.0 Å². The van der Waals surface area contributed by atoms with E-state index < -0.39 is 0 Å². The molecule has 1 heterocycles. The average molecular weight is 255 g/mol. The monoisotopic (exact) mass is 255 g/mol. The van der Waals surface area contributed by atoms with Crippen LogP contribution in [0, 0.1) is 11.8 Å². The highest BCUT2D eigenvalue weighted by Gasteiger charge is 2.25. The Bertz CT molecular complexity index is 249. The van der Waals surface area contributed by atoms with Crippen LogP contribution in [0.4, 0.5) is 0 Å². The third kappa shape index (κ3) is 4.58. The van der Waals surface area contributed by atoms with Gasteiger partial charge in [-0.15, -0.1) is 0 Å². The van der Waals surface area contributed by atoms with Gasteiger partial charge in [0.05, 0.1) is 0 Å². The molecular formula is C14H29N3O. The van der Waals surface area contributed by atoms with Crippen molar-refractivity contribution in [3.8, 4) is 0 Å². The fraction of sp³-hybridized carbons (Fsp3) is 0.929. The number of carbonyl (C=O) groups is 1. The van der Waals surface area contributed by atoms with E-state index in [9.17, 15) is 4.79 Å². The summed E-state index contributed by atoms with van der Waals surface area (Å²) in [6.07, 6.45) is 2.60. The molecule has 1 rings (SSSR count). The van der Waals surface area contributed by atoms with E-state index in [0.717, 1.165) is 13.1 Å². The van der Waals surface area contributed by atoms with Gasteiger partial charge < -0.3 is 10.6 Å². The Hall–Kier alpha value is -0.610. The largest absolute Gasteiger partial charge is 0.354 e. The van der Waals surface area contributed by atoms with Crippen LogP contribution < -0.4 is 10.6 Å². The maximum atomic E-state index is 11.9. The van der Waals surface area contributed by atoms with Gasteiger partial charge in [0.25, 0.3) is 0 Å². The molecule has 0 aliphatic carbocycles. The maximum absolute atomic E-state index is 11.9. The molecule has 0 aromatic heterocycles. The first-order valence-electron chi connectivity index (χ1n) is 7.22. The molecule has 0 aromatic carbocycles. The molecule has 2 unspecified atom stereocenters. The second-order valence-electron chi connectivity index (χ2n) is 5.76. The molecule has 0 saturated carbocycles. The molecule has 2 N–H and O–H groups in total. The zero-order chi connectivity index (χ0) is 13.5. The highest BCUT2D eigenvalue weighted by molar-refractivity contribution is 5.78. The Morgan fingerprint density at radius 1 is 1.17 bits per heavy atom. The number of nitrogens with zero attached hydrogens (tertiary/aromatic N) is 1. The van der Waals surface area contributed by atoms with Gasteiger partial charge in [-0.05, 0) is 38.9 Å². The molecule has 106 valence electrons. The maximum Gasteiger partial charge on any atom is 0.224 e. The van der Waals surface area contributed by atoms with E-state index in [1.165, 1.54) is 25.9 Å². The van der Waals surface area contributed by atoms with Gasteiger partial charge in [-0.1, -0.05) is 20.8 Å². The van der Waals surface area contributed by atoms with E-state index in [0.29, 0.717) is 12.0 Å². The van der Waals surface area contributed by atoms with E-state index in [4.69, 9.17) is 0 Å². The minimum absolute atomic E-state index is 0.0430. The number of hydrogen-bond donors (Lipinski definition) is 2. The molecule has 2 atom stereocenters. The highest BCUT2D eigenvalue weighted by Crippen LogP contribution is 2.17. The van der Waals surface area contributed by atoms with Crippen molar-refractivity contribution in [1.82, 2.24) is 15.5 Å². The molecule has 1 aliphatic rings. The molecule has 0 radical (unpaired) electrons. The van der Waals surface area contributed by atoms with Crippen molar-refractivity contribution in [2.75, 3.05) is 33.2 Å². The molecule has 0 aromatic rings. The fourth-order valence-electron chi connectivity index (χ4n) is 2.64. The third-order valence-corrected chi connectivity index (χ3v) is 3.82. The minimum Gasteiger partial charge on any atom is -0.354 e. The number of likely N-dealkylation sites (tertiary alicyclic amines) is 1. The van der Waals surface area contributed by atoms with Gasteiger partial charge in [0.2, 0.25) is 5.91 Å². The van der Waals surface area contributed by atoms with Crippen molar-refractivity contribution in [1.29, 1.82) is 0 Å². The number of nitrogens with one attached hydrogen (secondary N) is 2. The molecular weight excluding hydrogens is 226 g/mol. The third-order valence-electron chi connectivity index (χ3n) is 3.82. The van der Waals surface area contributed by atoms with E-state index in [2.05, 4.69) is 29.4 Å². The minimum atomic E-state index is 0.0430. The van der Waals surface area contributed by atoms with Crippen LogP contribution >= 0.6 is 0 Å². The van der Waals surface area contributed by atoms with Crippen LogP contribution in [0.3, 0.4) is 0 Å². The van der Waals surface area contributed by atoms with Crippen LogP contribution in [-0.2, 0) is 4.79 Å². The molecule has 4 heteroatoms. The van der Waals surface area contributed by atoms with Gasteiger partial charge in [0, 0.05) is 25.0 Å². The summed E-state index contributed by atoms with van der Waals surface area (Å²) in [7, 11) is 1.88. The lowest BCUT2D eigenvalue weighted by Crippen LogP contribution is -2.47. The van der Waals surface area contributed by atoms with Gasteiger partial charge in [0.1, 0.15) is 0 Å². The Labute approximate surface area is 111 Å². The topological polar surface area (TPSA) is 44.4 Å². The Kier molecular flexibility index (Phi) is 6.65. The quantitative estimate of drug-likeness (QED) is 0.715. The van der Waals surface area contributed by atoms with Gasteiger partial charge in [0.15, 0.2) is 0 Å². The van der Waals surface area contributed by atoms with E-state index in [-0.39, 0.29) is 11.8 Å². The Morgan fingerprint density at radius 2 is 1.78 bits per heavy atom. The van der Waals surface area contributed by atoms with Crippen LogP contribution in [0.5, 0.6) is 0 Å². The average Bonchev–Trinajstić information content (AvgIpc) is 2.82. The Morgan fingerprint density at radius 3 is 2.28 bits per heavy atom. The van der Waals surface area contributed by atoms with Crippen LogP contribution in [0.2, 0.25) is 0 Å². The van der Waals surface area contributed by atoms with Gasteiger partial charge in [-0.2, -0.15) is 0 Å². The van der Waals surface area contributed by atoms with Crippen molar-refractivity contribution in [2.45, 2.75) is 39.7 Å². The van der Waals surface area contributed by atoms with Crippen LogP contribution in [-0.4, -0.2) is 50.1 Å². The molecule has 0 bridgehead atoms. The van der Waals surface area contributed by atoms with Crippen LogP contribution in [0.1, 0.15) is 33.6 Å². The lowest BCUT2D eigenvalue weighted by Gasteiger charge is -2.31. The summed E-state index contributed by atoms with van der Waals surface area (Å²) in [4.78, 5) is 14.4. The SMILES string of the molecule is CNCC(C)C(=O)NCC(C(C)C)N1CCCC1. The van der Waals surface area contributed by atoms with Crippen molar-refractivity contribution in [3.63, 3.8) is 0 Å². The number of amides is 1. The van der Waals surface area contributed by atoms with Crippen LogP contribution in [0.15, 0.2) is 0 Å². The smallest absolute Gasteiger partial charge is 0.224 e. The first-order chi connectivity index (χ1) is 8.56. The summed E-state index contributed by atoms with van der Waals surface area (Å²) in [5.41, 5.74) is 0. The normalized spacial score (nSPS) is 20.1. The van der Waals surface area contributed by atoms with E-state index in [1.54, 1.807) is 0 Å². The standard InChI is InChI=1S/C14H29N3O/c1-11(2)13(17-7-5-6-8-17)10-16-14(18)12(3)9-15-4/h11-13,15H,5-10H2,1-4H3,(H,16,18). The second-order valence-corrected chi connectivity index (χ2v) is 5.76. The zero-order valence-electron chi connectivity index (χ0n) is 12.3. The molecule has 0 spiro atoms. The summed E-state index contributed by atoms with van der Waals surface area (Å²) in [6.45, 7) is 10.3. The molecule has 4 nitrogen and oxygen atoms in total. The van der Waals surface area contributed by atoms with E-state index >= 15 is 0 Å². The first-order valence-corrected chi connectivity index (χ1v) is 7.22. The van der Waals surface area contributed by atoms with Crippen molar-refractivity contribution in [2.24, 2.45) is 11.8 Å². The lowest BCUT2D eigenvalue weighted by atomic mass is 10.0. The van der Waals surface area contributed by atoms with Crippen molar-refractivity contribution in [3.05, 3.63) is 0 Å². The molecule has 18 heavy (non-hydrogen) atoms. The zero-order valence-corrected chi connectivity index (χ0v) is 12.3. The van der Waals surface area contributed by atoms with Gasteiger partial charge in [-0.3, -0.25) is 9.69 Å². The molecule has 1 aliphatic heterocycles. The summed E-state index contributed by atoms with van der Waals surface area (Å²) in [5.74, 6) is 0.790. The van der Waals surface area contributed by atoms with Crippen LogP contribution in [0.25, 0.3) is 0 Å². The van der Waals surface area contributed by atoms with Crippen molar-refractivity contribution >= 4 is 5.91 Å². The Balaban J connectivity index is 2.39. The number of hydrogen-bond acceptors (Lipinski definition) is 3. The predicted octanol–water partition coefficient (Wildman–Crippen LogP) is 1.08. The summed E-state index contributed by atoms with van der Waals surface area (Å²) in [6, 6.07) is 0.484. The predicted molar refractivity (Wildman–Crippen MR) is 75.5 cm³/mol. The molecule has 1 saturated heterocycles. The number of rotatable bonds is 7. The molecule has 1 amide bonds. The lowest BCUT2D eigenvalue weighted by molar-refractivity contribution is -0.124. The second kappa shape index (κ2) is 7.74. The summed E-state index contributed by atoms with van der Waals surface area (Å²) >= 11 is 0. The number of carbonyl (C=O) groups excluding carboxylic acids is 1. The summed E-state index contributed by atoms with van der Waals surface area (Å²) in [5, 5.41) is 6.15. The van der Waals surface area contributed by atoms with Gasteiger partial charge in [-0.25, -0.2) is 0 Å². The molecule has 1 fully saturated rings. The highest BCUT2D eigenvalue weighted by atomic mass is 16.1. The fourth-order valence-corrected chi connectivity index (χ4v) is 2.64.